The summed E-state index contributed by atoms with van der Waals surface area (Å²) in [5.41, 5.74) is 1.00. The number of nitrogens with zero attached hydrogens (tertiary/aromatic N) is 1. The lowest BCUT2D eigenvalue weighted by Gasteiger charge is -2.33. The van der Waals surface area contributed by atoms with E-state index in [0.29, 0.717) is 6.54 Å². The van der Waals surface area contributed by atoms with Gasteiger partial charge < -0.3 is 20.4 Å². The van der Waals surface area contributed by atoms with E-state index in [1.165, 1.54) is 24.1 Å². The molecule has 7 heteroatoms. The van der Waals surface area contributed by atoms with Crippen LogP contribution < -0.4 is 20.4 Å². The molecule has 120 valence electrons. The van der Waals surface area contributed by atoms with Gasteiger partial charge in [0.1, 0.15) is 5.82 Å². The third-order valence-corrected chi connectivity index (χ3v) is 3.80. The van der Waals surface area contributed by atoms with Gasteiger partial charge in [-0.3, -0.25) is 9.59 Å². The largest absolute Gasteiger partial charge is 0.360 e. The number of rotatable bonds is 5. The van der Waals surface area contributed by atoms with Crippen molar-refractivity contribution in [3.05, 3.63) is 30.1 Å². The van der Waals surface area contributed by atoms with Crippen LogP contribution in [0.1, 0.15) is 0 Å². The highest BCUT2D eigenvalue weighted by Gasteiger charge is 2.22. The topological polar surface area (TPSA) is 65.9 Å². The Morgan fingerprint density at radius 1 is 1.18 bits per heavy atom. The van der Waals surface area contributed by atoms with E-state index in [4.69, 9.17) is 0 Å². The van der Waals surface area contributed by atoms with Crippen LogP contribution in [-0.2, 0) is 9.59 Å². The van der Waals surface area contributed by atoms with Crippen LogP contribution in [0, 0.1) is 5.82 Å². The molecule has 1 heterocycles. The Hall–Kier alpha value is -2.15. The Bertz CT molecular complexity index is 513. The lowest BCUT2D eigenvalue weighted by molar-refractivity contribution is -0.892. The van der Waals surface area contributed by atoms with Gasteiger partial charge >= 0.3 is 0 Å². The summed E-state index contributed by atoms with van der Waals surface area (Å²) in [4.78, 5) is 26.2. The van der Waals surface area contributed by atoms with Crippen molar-refractivity contribution in [2.24, 2.45) is 0 Å². The first kappa shape index (κ1) is 16.2. The average molecular weight is 309 g/mol. The summed E-state index contributed by atoms with van der Waals surface area (Å²) < 4.78 is 12.9. The lowest BCUT2D eigenvalue weighted by Crippen LogP contribution is -3.16. The van der Waals surface area contributed by atoms with E-state index in [1.807, 2.05) is 0 Å². The molecule has 0 aromatic heterocycles. The Morgan fingerprint density at radius 3 is 2.41 bits per heavy atom. The number of hydrogen-bond donors (Lipinski definition) is 3. The highest BCUT2D eigenvalue weighted by molar-refractivity contribution is 5.84. The van der Waals surface area contributed by atoms with Gasteiger partial charge in [-0.1, -0.05) is 0 Å². The smallest absolute Gasteiger partial charge is 0.275 e. The van der Waals surface area contributed by atoms with Crippen molar-refractivity contribution in [1.29, 1.82) is 0 Å². The van der Waals surface area contributed by atoms with Crippen LogP contribution in [0.4, 0.5) is 10.1 Å². The van der Waals surface area contributed by atoms with Crippen molar-refractivity contribution < 1.29 is 18.9 Å². The standard InChI is InChI=1S/C15H21FN4O2/c1-17-14(21)10-18-15(22)11-19-6-8-20(9-7-19)13-4-2-12(16)3-5-13/h2-5H,6-11H2,1H3,(H,17,21)(H,18,22)/p+1. The zero-order chi connectivity index (χ0) is 15.9. The number of carbonyl (C=O) groups excluding carboxylic acids is 2. The number of benzene rings is 1. The second-order valence-electron chi connectivity index (χ2n) is 5.34. The average Bonchev–Trinajstić information content (AvgIpc) is 2.54. The minimum absolute atomic E-state index is 0.0182. The molecule has 22 heavy (non-hydrogen) atoms. The first-order valence-electron chi connectivity index (χ1n) is 7.40. The van der Waals surface area contributed by atoms with Crippen molar-refractivity contribution in [3.8, 4) is 0 Å². The molecule has 1 aromatic rings. The fraction of sp³-hybridized carbons (Fsp3) is 0.467. The molecular formula is C15H22FN4O2+. The summed E-state index contributed by atoms with van der Waals surface area (Å²) in [6.07, 6.45) is 0. The van der Waals surface area contributed by atoms with Crippen molar-refractivity contribution in [3.63, 3.8) is 0 Å². The maximum Gasteiger partial charge on any atom is 0.275 e. The van der Waals surface area contributed by atoms with Gasteiger partial charge in [-0.15, -0.1) is 0 Å². The summed E-state index contributed by atoms with van der Waals surface area (Å²) in [5, 5.41) is 5.06. The van der Waals surface area contributed by atoms with E-state index >= 15 is 0 Å². The highest BCUT2D eigenvalue weighted by Crippen LogP contribution is 2.14. The fourth-order valence-electron chi connectivity index (χ4n) is 2.47. The number of piperazine rings is 1. The van der Waals surface area contributed by atoms with E-state index < -0.39 is 0 Å². The molecule has 1 aliphatic rings. The number of anilines is 1. The molecule has 0 saturated carbocycles. The van der Waals surface area contributed by atoms with E-state index in [2.05, 4.69) is 15.5 Å². The lowest BCUT2D eigenvalue weighted by atomic mass is 10.2. The highest BCUT2D eigenvalue weighted by atomic mass is 19.1. The number of likely N-dealkylation sites (N-methyl/N-ethyl adjacent to an activating group) is 1. The first-order chi connectivity index (χ1) is 10.6. The molecule has 6 nitrogen and oxygen atoms in total. The van der Waals surface area contributed by atoms with Crippen molar-refractivity contribution in [2.75, 3.05) is 51.2 Å². The van der Waals surface area contributed by atoms with Gasteiger partial charge in [-0.25, -0.2) is 4.39 Å². The van der Waals surface area contributed by atoms with Gasteiger partial charge in [-0.05, 0) is 24.3 Å². The van der Waals surface area contributed by atoms with Crippen LogP contribution in [-0.4, -0.2) is 58.1 Å². The van der Waals surface area contributed by atoms with E-state index in [-0.39, 0.29) is 24.2 Å². The first-order valence-corrected chi connectivity index (χ1v) is 7.40. The SMILES string of the molecule is CNC(=O)CNC(=O)C[NH+]1CCN(c2ccc(F)cc2)CC1. The monoisotopic (exact) mass is 309 g/mol. The molecular weight excluding hydrogens is 287 g/mol. The fourth-order valence-corrected chi connectivity index (χ4v) is 2.47. The molecule has 0 aliphatic carbocycles. The second kappa shape index (κ2) is 7.74. The molecule has 3 N–H and O–H groups in total. The number of hydrogen-bond acceptors (Lipinski definition) is 3. The van der Waals surface area contributed by atoms with Crippen LogP contribution in [0.15, 0.2) is 24.3 Å². The normalized spacial score (nSPS) is 15.5. The van der Waals surface area contributed by atoms with Gasteiger partial charge in [0.15, 0.2) is 6.54 Å². The van der Waals surface area contributed by atoms with E-state index in [1.54, 1.807) is 12.1 Å². The molecule has 2 rings (SSSR count). The van der Waals surface area contributed by atoms with Gasteiger partial charge in [-0.2, -0.15) is 0 Å². The molecule has 0 spiro atoms. The summed E-state index contributed by atoms with van der Waals surface area (Å²) in [6.45, 7) is 3.71. The van der Waals surface area contributed by atoms with Crippen LogP contribution in [0.5, 0.6) is 0 Å². The Morgan fingerprint density at radius 2 is 1.82 bits per heavy atom. The predicted molar refractivity (Wildman–Crippen MR) is 81.3 cm³/mol. The third kappa shape index (κ3) is 4.70. The molecule has 0 unspecified atom stereocenters. The zero-order valence-corrected chi connectivity index (χ0v) is 12.7. The van der Waals surface area contributed by atoms with Crippen LogP contribution in [0.3, 0.4) is 0 Å². The van der Waals surface area contributed by atoms with Crippen molar-refractivity contribution in [2.45, 2.75) is 0 Å². The summed E-state index contributed by atoms with van der Waals surface area (Å²) in [7, 11) is 1.54. The summed E-state index contributed by atoms with van der Waals surface area (Å²) in [5.74, 6) is -0.556. The van der Waals surface area contributed by atoms with Crippen molar-refractivity contribution in [1.82, 2.24) is 10.6 Å². The molecule has 1 fully saturated rings. The summed E-state index contributed by atoms with van der Waals surface area (Å²) in [6, 6.07) is 6.47. The van der Waals surface area contributed by atoms with Crippen LogP contribution >= 0.6 is 0 Å². The molecule has 0 radical (unpaired) electrons. The van der Waals surface area contributed by atoms with Crippen LogP contribution in [0.25, 0.3) is 0 Å². The summed E-state index contributed by atoms with van der Waals surface area (Å²) >= 11 is 0. The van der Waals surface area contributed by atoms with E-state index in [0.717, 1.165) is 31.9 Å². The number of carbonyl (C=O) groups is 2. The number of halogens is 1. The van der Waals surface area contributed by atoms with Gasteiger partial charge in [0.25, 0.3) is 5.91 Å². The molecule has 2 amide bonds. The Labute approximate surface area is 129 Å². The van der Waals surface area contributed by atoms with Gasteiger partial charge in [0.2, 0.25) is 5.91 Å². The number of quaternary nitrogens is 1. The maximum atomic E-state index is 12.9. The third-order valence-electron chi connectivity index (χ3n) is 3.80. The molecule has 1 aliphatic heterocycles. The van der Waals surface area contributed by atoms with Gasteiger partial charge in [0.05, 0.1) is 32.7 Å². The quantitative estimate of drug-likeness (QED) is 0.613. The maximum absolute atomic E-state index is 12.9. The molecule has 1 aromatic carbocycles. The van der Waals surface area contributed by atoms with E-state index in [9.17, 15) is 14.0 Å². The van der Waals surface area contributed by atoms with Crippen molar-refractivity contribution >= 4 is 17.5 Å². The Balaban J connectivity index is 1.74. The minimum Gasteiger partial charge on any atom is -0.360 e. The Kier molecular flexibility index (Phi) is 5.71. The molecule has 0 atom stereocenters. The predicted octanol–water partition coefficient (Wildman–Crippen LogP) is -1.61. The number of amides is 2. The van der Waals surface area contributed by atoms with Crippen LogP contribution in [0.2, 0.25) is 0 Å². The number of nitrogens with one attached hydrogen (secondary N) is 3. The molecule has 1 saturated heterocycles. The minimum atomic E-state index is -0.235. The zero-order valence-electron chi connectivity index (χ0n) is 12.7. The second-order valence-corrected chi connectivity index (χ2v) is 5.34. The van der Waals surface area contributed by atoms with Gasteiger partial charge in [0, 0.05) is 12.7 Å². The molecule has 0 bridgehead atoms.